The summed E-state index contributed by atoms with van der Waals surface area (Å²) in [6, 6.07) is 9.16. The zero-order chi connectivity index (χ0) is 19.1. The molecule has 1 aromatic rings. The highest BCUT2D eigenvalue weighted by Gasteiger charge is 2.24. The van der Waals surface area contributed by atoms with Gasteiger partial charge >= 0.3 is 0 Å². The molecule has 2 N–H and O–H groups in total. The molecule has 0 saturated carbocycles. The van der Waals surface area contributed by atoms with E-state index in [1.165, 1.54) is 51.0 Å². The van der Waals surface area contributed by atoms with Gasteiger partial charge in [0, 0.05) is 56.0 Å². The minimum Gasteiger partial charge on any atom is -0.371 e. The monoisotopic (exact) mass is 563 g/mol. The summed E-state index contributed by atoms with van der Waals surface area (Å²) < 4.78 is 1.15. The molecule has 5 nitrogen and oxygen atoms in total. The van der Waals surface area contributed by atoms with Crippen LogP contribution in [-0.2, 0) is 0 Å². The standard InChI is InChI=1S/C21H34BrN5.HI/c1-3-10-26-11-8-19(9-12-26)25-21(23-2)24-15-17-7-13-27(16-17)20-6-4-5-18(22)14-20;/h4-6,14,17,19H,3,7-13,15-16H2,1-2H3,(H2,23,24,25);1H. The van der Waals surface area contributed by atoms with Gasteiger partial charge in [-0.1, -0.05) is 28.9 Å². The van der Waals surface area contributed by atoms with Gasteiger partial charge in [0.25, 0.3) is 0 Å². The second kappa shape index (κ2) is 12.2. The van der Waals surface area contributed by atoms with E-state index in [-0.39, 0.29) is 24.0 Å². The van der Waals surface area contributed by atoms with Gasteiger partial charge in [-0.2, -0.15) is 0 Å². The molecule has 2 aliphatic rings. The second-order valence-electron chi connectivity index (χ2n) is 7.79. The number of benzene rings is 1. The first-order chi connectivity index (χ1) is 13.2. The number of hydrogen-bond donors (Lipinski definition) is 2. The molecule has 0 aromatic heterocycles. The number of halogens is 2. The third kappa shape index (κ3) is 7.06. The number of rotatable bonds is 6. The molecular weight excluding hydrogens is 529 g/mol. The maximum absolute atomic E-state index is 4.45. The number of hydrogen-bond acceptors (Lipinski definition) is 3. The largest absolute Gasteiger partial charge is 0.371 e. The topological polar surface area (TPSA) is 42.9 Å². The Labute approximate surface area is 195 Å². The van der Waals surface area contributed by atoms with Gasteiger partial charge in [-0.3, -0.25) is 4.99 Å². The van der Waals surface area contributed by atoms with Crippen LogP contribution in [0.5, 0.6) is 0 Å². The predicted molar refractivity (Wildman–Crippen MR) is 134 cm³/mol. The van der Waals surface area contributed by atoms with E-state index in [1.807, 2.05) is 7.05 Å². The maximum atomic E-state index is 4.45. The van der Waals surface area contributed by atoms with Gasteiger partial charge in [-0.25, -0.2) is 0 Å². The molecule has 158 valence electrons. The van der Waals surface area contributed by atoms with Crippen molar-refractivity contribution in [2.75, 3.05) is 51.2 Å². The lowest BCUT2D eigenvalue weighted by molar-refractivity contribution is 0.206. The van der Waals surface area contributed by atoms with Crippen LogP contribution in [0, 0.1) is 5.92 Å². The first kappa shape index (κ1) is 23.7. The van der Waals surface area contributed by atoms with Crippen molar-refractivity contribution in [3.05, 3.63) is 28.7 Å². The van der Waals surface area contributed by atoms with E-state index in [4.69, 9.17) is 0 Å². The molecule has 0 bridgehead atoms. The molecule has 3 rings (SSSR count). The van der Waals surface area contributed by atoms with Crippen LogP contribution in [0.3, 0.4) is 0 Å². The van der Waals surface area contributed by atoms with Crippen LogP contribution in [-0.4, -0.2) is 63.2 Å². The first-order valence-electron chi connectivity index (χ1n) is 10.4. The fourth-order valence-corrected chi connectivity index (χ4v) is 4.54. The highest BCUT2D eigenvalue weighted by Crippen LogP contribution is 2.25. The minimum atomic E-state index is 0. The fourth-order valence-electron chi connectivity index (χ4n) is 4.15. The number of nitrogens with one attached hydrogen (secondary N) is 2. The van der Waals surface area contributed by atoms with E-state index in [1.54, 1.807) is 0 Å². The van der Waals surface area contributed by atoms with Crippen molar-refractivity contribution < 1.29 is 0 Å². The number of piperidine rings is 1. The number of likely N-dealkylation sites (tertiary alicyclic amines) is 1. The Morgan fingerprint density at radius 3 is 2.68 bits per heavy atom. The van der Waals surface area contributed by atoms with Crippen molar-refractivity contribution in [3.8, 4) is 0 Å². The molecule has 2 aliphatic heterocycles. The summed E-state index contributed by atoms with van der Waals surface area (Å²) in [4.78, 5) is 9.50. The average molecular weight is 564 g/mol. The van der Waals surface area contributed by atoms with E-state index in [0.29, 0.717) is 12.0 Å². The van der Waals surface area contributed by atoms with Gasteiger partial charge in [0.1, 0.15) is 0 Å². The molecule has 0 spiro atoms. The molecular formula is C21H35BrIN5. The van der Waals surface area contributed by atoms with Crippen molar-refractivity contribution in [2.45, 2.75) is 38.6 Å². The van der Waals surface area contributed by atoms with E-state index in [0.717, 1.165) is 30.1 Å². The van der Waals surface area contributed by atoms with E-state index in [2.05, 4.69) is 72.5 Å². The summed E-state index contributed by atoms with van der Waals surface area (Å²) >= 11 is 3.58. The van der Waals surface area contributed by atoms with Crippen LogP contribution in [0.15, 0.2) is 33.7 Å². The quantitative estimate of drug-likeness (QED) is 0.313. The van der Waals surface area contributed by atoms with Gasteiger partial charge in [-0.15, -0.1) is 24.0 Å². The highest BCUT2D eigenvalue weighted by atomic mass is 127. The summed E-state index contributed by atoms with van der Waals surface area (Å²) in [5, 5.41) is 7.20. The van der Waals surface area contributed by atoms with Gasteiger partial charge in [0.15, 0.2) is 5.96 Å². The summed E-state index contributed by atoms with van der Waals surface area (Å²) in [7, 11) is 1.88. The Morgan fingerprint density at radius 2 is 2.00 bits per heavy atom. The normalized spacial score (nSPS) is 21.5. The molecule has 0 amide bonds. The SMILES string of the molecule is CCCN1CCC(NC(=NC)NCC2CCN(c3cccc(Br)c3)C2)CC1.I. The molecule has 1 aromatic carbocycles. The van der Waals surface area contributed by atoms with Gasteiger partial charge in [0.2, 0.25) is 0 Å². The second-order valence-corrected chi connectivity index (χ2v) is 8.71. The number of guanidine groups is 1. The zero-order valence-corrected chi connectivity index (χ0v) is 21.1. The van der Waals surface area contributed by atoms with E-state index in [9.17, 15) is 0 Å². The lowest BCUT2D eigenvalue weighted by Crippen LogP contribution is -2.49. The molecule has 0 aliphatic carbocycles. The third-order valence-corrected chi connectivity index (χ3v) is 6.20. The summed E-state index contributed by atoms with van der Waals surface area (Å²) in [5.41, 5.74) is 1.31. The van der Waals surface area contributed by atoms with Gasteiger partial charge in [-0.05, 0) is 56.3 Å². The molecule has 2 saturated heterocycles. The van der Waals surface area contributed by atoms with Crippen LogP contribution in [0.2, 0.25) is 0 Å². The Balaban J connectivity index is 0.00000280. The average Bonchev–Trinajstić information content (AvgIpc) is 3.16. The smallest absolute Gasteiger partial charge is 0.191 e. The van der Waals surface area contributed by atoms with Crippen molar-refractivity contribution in [2.24, 2.45) is 10.9 Å². The molecule has 2 fully saturated rings. The molecule has 1 atom stereocenters. The van der Waals surface area contributed by atoms with Crippen molar-refractivity contribution in [1.29, 1.82) is 0 Å². The van der Waals surface area contributed by atoms with E-state index >= 15 is 0 Å². The summed E-state index contributed by atoms with van der Waals surface area (Å²) in [5.74, 6) is 1.62. The lowest BCUT2D eigenvalue weighted by atomic mass is 10.1. The van der Waals surface area contributed by atoms with Crippen LogP contribution in [0.1, 0.15) is 32.6 Å². The molecule has 1 unspecified atom stereocenters. The van der Waals surface area contributed by atoms with Crippen LogP contribution in [0.25, 0.3) is 0 Å². The fraction of sp³-hybridized carbons (Fsp3) is 0.667. The van der Waals surface area contributed by atoms with Crippen LogP contribution in [0.4, 0.5) is 5.69 Å². The van der Waals surface area contributed by atoms with Crippen molar-refractivity contribution in [1.82, 2.24) is 15.5 Å². The Hall–Kier alpha value is -0.540. The Kier molecular flexibility index (Phi) is 10.4. The first-order valence-corrected chi connectivity index (χ1v) is 11.2. The molecule has 0 radical (unpaired) electrons. The molecule has 7 heteroatoms. The minimum absolute atomic E-state index is 0. The molecule has 28 heavy (non-hydrogen) atoms. The molecule has 2 heterocycles. The predicted octanol–water partition coefficient (Wildman–Crippen LogP) is 3.93. The highest BCUT2D eigenvalue weighted by molar-refractivity contribution is 14.0. The van der Waals surface area contributed by atoms with Crippen molar-refractivity contribution in [3.63, 3.8) is 0 Å². The van der Waals surface area contributed by atoms with Gasteiger partial charge in [0.05, 0.1) is 0 Å². The summed E-state index contributed by atoms with van der Waals surface area (Å²) in [6.07, 6.45) is 4.90. The van der Waals surface area contributed by atoms with Crippen molar-refractivity contribution >= 4 is 51.6 Å². The third-order valence-electron chi connectivity index (χ3n) is 5.71. The Morgan fingerprint density at radius 1 is 1.21 bits per heavy atom. The number of nitrogens with zero attached hydrogens (tertiary/aromatic N) is 3. The summed E-state index contributed by atoms with van der Waals surface area (Å²) in [6.45, 7) is 9.12. The van der Waals surface area contributed by atoms with Crippen LogP contribution >= 0.6 is 39.9 Å². The van der Waals surface area contributed by atoms with Crippen LogP contribution < -0.4 is 15.5 Å². The number of aliphatic imine (C=N–C) groups is 1. The van der Waals surface area contributed by atoms with Gasteiger partial charge < -0.3 is 20.4 Å². The lowest BCUT2D eigenvalue weighted by Gasteiger charge is -2.33. The van der Waals surface area contributed by atoms with E-state index < -0.39 is 0 Å². The Bertz CT molecular complexity index is 619. The number of anilines is 1. The zero-order valence-electron chi connectivity index (χ0n) is 17.2. The maximum Gasteiger partial charge on any atom is 0.191 e.